The largest absolute Gasteiger partial charge is 0.488 e. The quantitative estimate of drug-likeness (QED) is 0.0432. The number of hydrogen-bond donors (Lipinski definition) is 3. The van der Waals surface area contributed by atoms with E-state index >= 15 is 0 Å². The third kappa shape index (κ3) is 18.6. The minimum absolute atomic E-state index is 0.0249. The van der Waals surface area contributed by atoms with Crippen molar-refractivity contribution in [3.05, 3.63) is 229 Å². The van der Waals surface area contributed by atoms with Crippen LogP contribution in [0, 0.1) is 68.6 Å². The van der Waals surface area contributed by atoms with E-state index in [-0.39, 0.29) is 54.4 Å². The molecule has 27 heteroatoms. The summed E-state index contributed by atoms with van der Waals surface area (Å²) in [5.74, 6) is 1.30. The molecule has 3 aliphatic carbocycles. The smallest absolute Gasteiger partial charge is 0.419 e. The SMILES string of the molecule is COC[C@H]1N(c2cccc(-c3cc(C)ccc3OCc3cc(C)c4c(c3)CCN(C3CCOCC3)C4)n2)C[C@@H]2C[C@@]21C(=O)O.COC[C@H]1N(c2cccc(-c3cc(C)ccc3OCc3ccc4c(c3C)CCN(C3CCOCC3)C4)n2)C[C@@H]2C[C@@]21C(=O)O.COC[C@H]1N(c2cccc(-c3cccc(C(F)(F)F)c3OCc3cc(C)c4c(c3)CCN(C3CCOCC3)C4)n2)C[C@@H]2C[C@@]21C(=O)O. The predicted molar refractivity (Wildman–Crippen MR) is 507 cm³/mol. The Kier molecular flexibility index (Phi) is 27.1. The zero-order valence-electron chi connectivity index (χ0n) is 78.8. The van der Waals surface area contributed by atoms with Gasteiger partial charge in [0, 0.05) is 155 Å². The number of fused-ring (bicyclic) bond motifs is 6. The first-order valence-corrected chi connectivity index (χ1v) is 48.3. The number of rotatable bonds is 27. The molecule has 135 heavy (non-hydrogen) atoms. The molecule has 6 saturated heterocycles. The maximum Gasteiger partial charge on any atom is 0.419 e. The molecule has 3 N–H and O–H groups in total. The van der Waals surface area contributed by atoms with Crippen molar-refractivity contribution in [3.8, 4) is 51.0 Å². The number of halogens is 3. The number of carboxylic acids is 3. The summed E-state index contributed by atoms with van der Waals surface area (Å²) in [5, 5.41) is 30.1. The summed E-state index contributed by atoms with van der Waals surface area (Å²) in [5.41, 5.74) is 18.4. The minimum atomic E-state index is -4.64. The summed E-state index contributed by atoms with van der Waals surface area (Å²) < 4.78 is 95.4. The Labute approximate surface area is 788 Å². The van der Waals surface area contributed by atoms with Crippen LogP contribution in [0.25, 0.3) is 33.8 Å². The number of piperidine rings is 3. The molecular weight excluding hydrogens is 1720 g/mol. The van der Waals surface area contributed by atoms with Crippen LogP contribution in [0.15, 0.2) is 146 Å². The number of alkyl halides is 3. The number of carbonyl (C=O) groups is 3. The molecule has 12 heterocycles. The molecule has 0 amide bonds. The van der Waals surface area contributed by atoms with Crippen LogP contribution in [0.3, 0.4) is 0 Å². The van der Waals surface area contributed by atoms with Gasteiger partial charge in [0.25, 0.3) is 0 Å². The van der Waals surface area contributed by atoms with Gasteiger partial charge in [-0.2, -0.15) is 13.2 Å². The van der Waals surface area contributed by atoms with Gasteiger partial charge in [0.2, 0.25) is 0 Å². The summed E-state index contributed by atoms with van der Waals surface area (Å²) in [4.78, 5) is 65.6. The van der Waals surface area contributed by atoms with Gasteiger partial charge in [-0.1, -0.05) is 83.9 Å². The van der Waals surface area contributed by atoms with Crippen LogP contribution >= 0.6 is 0 Å². The van der Waals surface area contributed by atoms with E-state index in [9.17, 15) is 42.9 Å². The maximum absolute atomic E-state index is 14.4. The van der Waals surface area contributed by atoms with Gasteiger partial charge in [0.1, 0.15) is 54.5 Å². The van der Waals surface area contributed by atoms with Crippen molar-refractivity contribution >= 4 is 35.4 Å². The van der Waals surface area contributed by atoms with E-state index in [1.54, 1.807) is 38.5 Å². The van der Waals surface area contributed by atoms with E-state index in [0.717, 1.165) is 211 Å². The Morgan fingerprint density at radius 1 is 0.430 bits per heavy atom. The number of benzene rings is 6. The van der Waals surface area contributed by atoms with E-state index in [0.29, 0.717) is 95.0 Å². The molecule has 24 nitrogen and oxygen atoms in total. The molecule has 0 spiro atoms. The molecule has 0 unspecified atom stereocenters. The maximum atomic E-state index is 14.4. The van der Waals surface area contributed by atoms with Crippen LogP contribution in [-0.4, -0.2) is 219 Å². The van der Waals surface area contributed by atoms with Crippen LogP contribution in [0.2, 0.25) is 0 Å². The molecule has 9 atom stereocenters. The number of aryl methyl sites for hydroxylation is 4. The van der Waals surface area contributed by atoms with Gasteiger partial charge >= 0.3 is 24.1 Å². The van der Waals surface area contributed by atoms with Gasteiger partial charge in [0.15, 0.2) is 0 Å². The molecule has 9 aliphatic heterocycles. The summed E-state index contributed by atoms with van der Waals surface area (Å²) in [6.07, 6.45) is 6.97. The monoisotopic (exact) mass is 1850 g/mol. The minimum Gasteiger partial charge on any atom is -0.488 e. The lowest BCUT2D eigenvalue weighted by Crippen LogP contribution is -2.43. The predicted octanol–water partition coefficient (Wildman–Crippen LogP) is 16.9. The topological polar surface area (TPSA) is 253 Å². The highest BCUT2D eigenvalue weighted by molar-refractivity contribution is 5.85. The van der Waals surface area contributed by atoms with E-state index in [4.69, 9.17) is 57.6 Å². The van der Waals surface area contributed by atoms with Gasteiger partial charge in [-0.05, 0) is 269 Å². The van der Waals surface area contributed by atoms with Crippen LogP contribution in [0.1, 0.15) is 141 Å². The van der Waals surface area contributed by atoms with Crippen molar-refractivity contribution in [2.24, 2.45) is 34.0 Å². The van der Waals surface area contributed by atoms with Crippen LogP contribution in [0.4, 0.5) is 30.6 Å². The molecule has 3 saturated carbocycles. The Morgan fingerprint density at radius 2 is 0.822 bits per heavy atom. The Bertz CT molecular complexity index is 5880. The van der Waals surface area contributed by atoms with E-state index in [2.05, 4.69) is 114 Å². The second kappa shape index (κ2) is 39.1. The van der Waals surface area contributed by atoms with Gasteiger partial charge in [-0.25, -0.2) is 15.0 Å². The van der Waals surface area contributed by atoms with Gasteiger partial charge < -0.3 is 72.7 Å². The first kappa shape index (κ1) is 93.4. The van der Waals surface area contributed by atoms with E-state index in [1.165, 1.54) is 68.8 Å². The summed E-state index contributed by atoms with van der Waals surface area (Å²) in [7, 11) is 4.80. The number of para-hydroxylation sites is 1. The van der Waals surface area contributed by atoms with Crippen LogP contribution in [-0.2, 0) is 108 Å². The molecule has 9 fully saturated rings. The van der Waals surface area contributed by atoms with E-state index in [1.807, 2.05) is 59.5 Å². The average Bonchev–Trinajstić information content (AvgIpc) is 1.53. The second-order valence-corrected chi connectivity index (χ2v) is 39.6. The third-order valence-electron chi connectivity index (χ3n) is 31.7. The number of aliphatic carboxylic acids is 3. The summed E-state index contributed by atoms with van der Waals surface area (Å²) >= 11 is 0. The number of methoxy groups -OCH3 is 3. The zero-order chi connectivity index (χ0) is 93.8. The number of hydrogen-bond acceptors (Lipinski definition) is 21. The zero-order valence-corrected chi connectivity index (χ0v) is 78.8. The standard InChI is InChI=1S/C36H40F3N3O5.2C36H43N3O5/c1-22-15-23(16-24-9-12-41(19-28(22)24)26-10-13-46-14-11-26)20-47-33-27(5-3-6-29(33)36(37,38)39)30-7-4-8-32(40-30)42-18-25-17-35(25,34(43)44)31(42)21-45-2;1-23-7-10-32(44-21-26-9-8-25-19-38(14-11-29(25)24(26)2)28-12-15-43-16-13-28)30(17-23)31-5-4-6-34(37-31)39-20-27-18-36(27,35(40)41)33(39)22-42-3;1-23-7-8-32(44-21-25-16-24(2)30-20-38(12-9-26(30)17-25)28-10-13-43-14-11-28)29(15-23)31-5-4-6-34(37-31)39-19-27-18-36(27,35(40)41)33(39)22-42-3/h3-8,15-16,25-26,31H,9-14,17-21H2,1-2H3,(H,43,44);4-10,17,27-28,33H,11-16,18-22H2,1-3H3,(H,40,41);4-8,15-17,27-28,33H,9-14,18-22H2,1-3H3,(H,40,41)/t25-,31+,35+;2*27-,33+,36+/m000/s1. The highest BCUT2D eigenvalue weighted by Gasteiger charge is 2.73. The highest BCUT2D eigenvalue weighted by Crippen LogP contribution is 2.65. The van der Waals surface area contributed by atoms with Crippen molar-refractivity contribution in [2.75, 3.05) is 135 Å². The van der Waals surface area contributed by atoms with Crippen molar-refractivity contribution in [1.29, 1.82) is 0 Å². The van der Waals surface area contributed by atoms with Crippen LogP contribution in [0.5, 0.6) is 17.2 Å². The van der Waals surface area contributed by atoms with Gasteiger partial charge in [-0.3, -0.25) is 29.1 Å². The lowest BCUT2D eigenvalue weighted by atomic mass is 9.90. The third-order valence-corrected chi connectivity index (χ3v) is 31.7. The number of anilines is 3. The van der Waals surface area contributed by atoms with Crippen LogP contribution < -0.4 is 28.9 Å². The number of nitrogens with zero attached hydrogens (tertiary/aromatic N) is 9. The molecule has 714 valence electrons. The number of aromatic nitrogens is 3. The lowest BCUT2D eigenvalue weighted by Gasteiger charge is -2.38. The lowest BCUT2D eigenvalue weighted by molar-refractivity contribution is -0.145. The first-order valence-electron chi connectivity index (χ1n) is 48.3. The highest BCUT2D eigenvalue weighted by atomic mass is 19.4. The number of carboxylic acid groups (broad SMARTS) is 3. The van der Waals surface area contributed by atoms with Crippen molar-refractivity contribution in [2.45, 2.75) is 194 Å². The second-order valence-electron chi connectivity index (χ2n) is 39.6. The fraction of sp³-hybridized carbons (Fsp3) is 0.500. The molecule has 0 radical (unpaired) electrons. The Hall–Kier alpha value is -10.6. The van der Waals surface area contributed by atoms with Gasteiger partial charge in [-0.15, -0.1) is 0 Å². The van der Waals surface area contributed by atoms with Gasteiger partial charge in [0.05, 0.1) is 76.8 Å². The van der Waals surface area contributed by atoms with Crippen molar-refractivity contribution < 1.29 is 85.5 Å². The van der Waals surface area contributed by atoms with Crippen molar-refractivity contribution in [1.82, 2.24) is 29.7 Å². The molecule has 21 rings (SSSR count). The molecule has 0 bridgehead atoms. The molecule has 6 aromatic carbocycles. The van der Waals surface area contributed by atoms with E-state index < -0.39 is 51.9 Å². The molecule has 12 aliphatic rings. The summed E-state index contributed by atoms with van der Waals surface area (Å²) in [6.45, 7) is 25.6. The number of ether oxygens (including phenoxy) is 9. The molecule has 3 aromatic heterocycles. The van der Waals surface area contributed by atoms with Crippen molar-refractivity contribution in [3.63, 3.8) is 0 Å². The molecule has 9 aromatic rings. The molecular formula is C108H126F3N9O15. The fourth-order valence-corrected chi connectivity index (χ4v) is 24.0. The fourth-order valence-electron chi connectivity index (χ4n) is 24.0. The Morgan fingerprint density at radius 3 is 1.24 bits per heavy atom. The first-order chi connectivity index (χ1) is 65.3. The number of pyridine rings is 3. The Balaban J connectivity index is 0.000000130. The summed E-state index contributed by atoms with van der Waals surface area (Å²) in [6, 6.07) is 47.7. The average molecular weight is 1850 g/mol. The normalized spacial score (nSPS) is 24.9.